The number of carboxylic acids is 1. The first-order valence-electron chi connectivity index (χ1n) is 4.98. The van der Waals surface area contributed by atoms with Gasteiger partial charge in [-0.3, -0.25) is 0 Å². The molecule has 0 atom stereocenters. The lowest BCUT2D eigenvalue weighted by Crippen LogP contribution is -2.45. The van der Waals surface area contributed by atoms with Gasteiger partial charge in [0.25, 0.3) is 0 Å². The fourth-order valence-corrected chi connectivity index (χ4v) is 3.27. The minimum atomic E-state index is -0.758. The fraction of sp³-hybridized carbons (Fsp3) is 0.600. The number of aryl methyl sites for hydroxylation is 1. The summed E-state index contributed by atoms with van der Waals surface area (Å²) >= 11 is 1.82. The number of thioether (sulfide) groups is 1. The molecule has 1 aromatic rings. The van der Waals surface area contributed by atoms with Crippen LogP contribution in [0.2, 0.25) is 0 Å². The van der Waals surface area contributed by atoms with Crippen molar-refractivity contribution in [1.29, 1.82) is 0 Å². The van der Waals surface area contributed by atoms with Crippen molar-refractivity contribution in [3.8, 4) is 0 Å². The highest BCUT2D eigenvalue weighted by Gasteiger charge is 2.42. The smallest absolute Gasteiger partial charge is 0.329 e. The Morgan fingerprint density at radius 1 is 1.60 bits per heavy atom. The van der Waals surface area contributed by atoms with Crippen LogP contribution in [-0.2, 0) is 10.3 Å². The molecule has 1 fully saturated rings. The van der Waals surface area contributed by atoms with E-state index in [2.05, 4.69) is 4.98 Å². The monoisotopic (exact) mass is 226 g/mol. The van der Waals surface area contributed by atoms with Crippen LogP contribution in [0.4, 0.5) is 0 Å². The summed E-state index contributed by atoms with van der Waals surface area (Å²) < 4.78 is 1.81. The SMILES string of the molecule is Cc1nccn1C1(C(=O)O)CCSCC1. The average molecular weight is 226 g/mol. The second-order valence-corrected chi connectivity index (χ2v) is 5.02. The zero-order valence-electron chi connectivity index (χ0n) is 8.64. The van der Waals surface area contributed by atoms with Crippen LogP contribution in [-0.4, -0.2) is 32.1 Å². The molecule has 2 heterocycles. The minimum Gasteiger partial charge on any atom is -0.479 e. The number of nitrogens with zero attached hydrogens (tertiary/aromatic N) is 2. The molecule has 15 heavy (non-hydrogen) atoms. The molecule has 0 amide bonds. The first-order valence-corrected chi connectivity index (χ1v) is 6.14. The molecule has 1 aromatic heterocycles. The Bertz CT molecular complexity index is 369. The van der Waals surface area contributed by atoms with Crippen LogP contribution < -0.4 is 0 Å². The standard InChI is InChI=1S/C10H14N2O2S/c1-8-11-4-5-12(8)10(9(13)14)2-6-15-7-3-10/h4-5H,2-3,6-7H2,1H3,(H,13,14). The molecule has 0 saturated carbocycles. The van der Waals surface area contributed by atoms with Gasteiger partial charge in [0, 0.05) is 12.4 Å². The van der Waals surface area contributed by atoms with Crippen molar-refractivity contribution in [2.45, 2.75) is 25.3 Å². The van der Waals surface area contributed by atoms with E-state index >= 15 is 0 Å². The van der Waals surface area contributed by atoms with Gasteiger partial charge < -0.3 is 9.67 Å². The van der Waals surface area contributed by atoms with Gasteiger partial charge in [0.15, 0.2) is 0 Å². The Balaban J connectivity index is 2.42. The zero-order chi connectivity index (χ0) is 10.9. The predicted molar refractivity (Wildman–Crippen MR) is 59.1 cm³/mol. The number of hydrogen-bond acceptors (Lipinski definition) is 3. The molecule has 0 unspecified atom stereocenters. The summed E-state index contributed by atoms with van der Waals surface area (Å²) in [4.78, 5) is 15.6. The van der Waals surface area contributed by atoms with E-state index < -0.39 is 11.5 Å². The van der Waals surface area contributed by atoms with Crippen molar-refractivity contribution in [2.24, 2.45) is 0 Å². The number of carbonyl (C=O) groups is 1. The van der Waals surface area contributed by atoms with Crippen LogP contribution in [0, 0.1) is 6.92 Å². The summed E-state index contributed by atoms with van der Waals surface area (Å²) in [6.07, 6.45) is 4.82. The first-order chi connectivity index (χ1) is 7.17. The molecule has 0 aliphatic carbocycles. The van der Waals surface area contributed by atoms with E-state index in [9.17, 15) is 9.90 Å². The maximum absolute atomic E-state index is 11.5. The van der Waals surface area contributed by atoms with Gasteiger partial charge in [-0.15, -0.1) is 0 Å². The van der Waals surface area contributed by atoms with Crippen molar-refractivity contribution in [3.05, 3.63) is 18.2 Å². The number of rotatable bonds is 2. The topological polar surface area (TPSA) is 55.1 Å². The molecular weight excluding hydrogens is 212 g/mol. The maximum Gasteiger partial charge on any atom is 0.329 e. The predicted octanol–water partition coefficient (Wildman–Crippen LogP) is 1.50. The lowest BCUT2D eigenvalue weighted by molar-refractivity contribution is -0.148. The third-order valence-corrected chi connectivity index (χ3v) is 3.99. The van der Waals surface area contributed by atoms with E-state index in [4.69, 9.17) is 0 Å². The first kappa shape index (κ1) is 10.5. The molecule has 0 bridgehead atoms. The molecule has 1 aliphatic heterocycles. The van der Waals surface area contributed by atoms with E-state index in [1.165, 1.54) is 0 Å². The molecular formula is C10H14N2O2S. The summed E-state index contributed by atoms with van der Waals surface area (Å²) in [6.45, 7) is 1.85. The van der Waals surface area contributed by atoms with Crippen LogP contribution in [0.15, 0.2) is 12.4 Å². The number of imidazole rings is 1. The van der Waals surface area contributed by atoms with Crippen molar-refractivity contribution in [3.63, 3.8) is 0 Å². The molecule has 1 aliphatic rings. The third-order valence-electron chi connectivity index (χ3n) is 3.00. The van der Waals surface area contributed by atoms with E-state index in [0.717, 1.165) is 17.3 Å². The number of aromatic nitrogens is 2. The number of carboxylic acid groups (broad SMARTS) is 1. The number of hydrogen-bond donors (Lipinski definition) is 1. The quantitative estimate of drug-likeness (QED) is 0.830. The van der Waals surface area contributed by atoms with Crippen molar-refractivity contribution in [2.75, 3.05) is 11.5 Å². The van der Waals surface area contributed by atoms with Crippen LogP contribution in [0.1, 0.15) is 18.7 Å². The van der Waals surface area contributed by atoms with E-state index in [1.807, 2.05) is 23.3 Å². The summed E-state index contributed by atoms with van der Waals surface area (Å²) in [5, 5.41) is 9.43. The lowest BCUT2D eigenvalue weighted by atomic mass is 9.92. The highest BCUT2D eigenvalue weighted by molar-refractivity contribution is 7.99. The normalized spacial score (nSPS) is 20.1. The second kappa shape index (κ2) is 3.89. The molecule has 0 radical (unpaired) electrons. The Labute approximate surface area is 92.7 Å². The van der Waals surface area contributed by atoms with Crippen LogP contribution in [0.3, 0.4) is 0 Å². The van der Waals surface area contributed by atoms with Gasteiger partial charge in [0.05, 0.1) is 0 Å². The van der Waals surface area contributed by atoms with Gasteiger partial charge in [-0.05, 0) is 31.3 Å². The van der Waals surface area contributed by atoms with Crippen LogP contribution in [0.25, 0.3) is 0 Å². The minimum absolute atomic E-state index is 0.685. The molecule has 82 valence electrons. The molecule has 2 rings (SSSR count). The van der Waals surface area contributed by atoms with Gasteiger partial charge >= 0.3 is 5.97 Å². The molecule has 0 aromatic carbocycles. The zero-order valence-corrected chi connectivity index (χ0v) is 9.46. The summed E-state index contributed by atoms with van der Waals surface area (Å²) in [5.74, 6) is 1.86. The Morgan fingerprint density at radius 3 is 2.73 bits per heavy atom. The van der Waals surface area contributed by atoms with Gasteiger partial charge in [-0.2, -0.15) is 11.8 Å². The van der Waals surface area contributed by atoms with E-state index in [0.29, 0.717) is 12.8 Å². The highest BCUT2D eigenvalue weighted by atomic mass is 32.2. The molecule has 1 N–H and O–H groups in total. The van der Waals surface area contributed by atoms with E-state index in [1.54, 1.807) is 12.4 Å². The summed E-state index contributed by atoms with van der Waals surface area (Å²) in [7, 11) is 0. The van der Waals surface area contributed by atoms with Crippen molar-refractivity contribution in [1.82, 2.24) is 9.55 Å². The highest BCUT2D eigenvalue weighted by Crippen LogP contribution is 2.34. The third kappa shape index (κ3) is 1.65. The van der Waals surface area contributed by atoms with Crippen molar-refractivity contribution >= 4 is 17.7 Å². The lowest BCUT2D eigenvalue weighted by Gasteiger charge is -2.34. The Hall–Kier alpha value is -0.970. The summed E-state index contributed by atoms with van der Waals surface area (Å²) in [6, 6.07) is 0. The molecule has 4 nitrogen and oxygen atoms in total. The second-order valence-electron chi connectivity index (χ2n) is 3.79. The van der Waals surface area contributed by atoms with Gasteiger partial charge in [0.1, 0.15) is 11.4 Å². The molecule has 5 heteroatoms. The van der Waals surface area contributed by atoms with Crippen LogP contribution in [0.5, 0.6) is 0 Å². The Kier molecular flexibility index (Phi) is 2.73. The van der Waals surface area contributed by atoms with Gasteiger partial charge in [-0.25, -0.2) is 9.78 Å². The van der Waals surface area contributed by atoms with Crippen LogP contribution >= 0.6 is 11.8 Å². The summed E-state index contributed by atoms with van der Waals surface area (Å²) in [5.41, 5.74) is -0.758. The average Bonchev–Trinajstić information content (AvgIpc) is 2.66. The van der Waals surface area contributed by atoms with Crippen molar-refractivity contribution < 1.29 is 9.90 Å². The van der Waals surface area contributed by atoms with E-state index in [-0.39, 0.29) is 0 Å². The largest absolute Gasteiger partial charge is 0.479 e. The molecule has 1 saturated heterocycles. The fourth-order valence-electron chi connectivity index (χ4n) is 2.10. The maximum atomic E-state index is 11.5. The van der Waals surface area contributed by atoms with Gasteiger partial charge in [-0.1, -0.05) is 0 Å². The number of aliphatic carboxylic acids is 1. The Morgan fingerprint density at radius 2 is 2.27 bits per heavy atom. The van der Waals surface area contributed by atoms with Gasteiger partial charge in [0.2, 0.25) is 0 Å². The molecule has 0 spiro atoms.